The molecule has 0 bridgehead atoms. The molecule has 1 atom stereocenters. The van der Waals surface area contributed by atoms with Crippen molar-refractivity contribution in [3.05, 3.63) is 23.9 Å². The van der Waals surface area contributed by atoms with Crippen molar-refractivity contribution in [2.75, 3.05) is 7.11 Å². The summed E-state index contributed by atoms with van der Waals surface area (Å²) in [6, 6.07) is 4.61. The van der Waals surface area contributed by atoms with Crippen LogP contribution in [0.5, 0.6) is 5.88 Å². The van der Waals surface area contributed by atoms with Crippen molar-refractivity contribution in [3.8, 4) is 5.88 Å². The summed E-state index contributed by atoms with van der Waals surface area (Å²) in [5.41, 5.74) is 1.14. The zero-order valence-electron chi connectivity index (χ0n) is 10.8. The second kappa shape index (κ2) is 6.01. The van der Waals surface area contributed by atoms with Crippen molar-refractivity contribution in [3.63, 3.8) is 0 Å². The van der Waals surface area contributed by atoms with Crippen molar-refractivity contribution in [1.82, 2.24) is 10.3 Å². The first-order valence-corrected chi connectivity index (χ1v) is 6.52. The number of aromatic nitrogens is 1. The summed E-state index contributed by atoms with van der Waals surface area (Å²) in [6.45, 7) is 3.13. The maximum absolute atomic E-state index is 5.25. The molecule has 1 aliphatic rings. The first kappa shape index (κ1) is 12.4. The Balaban J connectivity index is 1.88. The van der Waals surface area contributed by atoms with E-state index in [1.54, 1.807) is 13.3 Å². The van der Waals surface area contributed by atoms with Gasteiger partial charge >= 0.3 is 0 Å². The minimum Gasteiger partial charge on any atom is -0.481 e. The molecule has 3 nitrogen and oxygen atoms in total. The first-order chi connectivity index (χ1) is 8.31. The molecule has 3 heteroatoms. The standard InChI is InChI=1S/C14H22N2O/c1-11(12-6-3-4-7-12)16-10-13-8-5-9-15-14(13)17-2/h5,8-9,11-12,16H,3-4,6-7,10H2,1-2H3/t11-/m0/s1. The Bertz CT molecular complexity index is 348. The van der Waals surface area contributed by atoms with Crippen LogP contribution in [0.15, 0.2) is 18.3 Å². The van der Waals surface area contributed by atoms with Crippen LogP contribution in [-0.4, -0.2) is 18.1 Å². The van der Waals surface area contributed by atoms with Crippen LogP contribution in [-0.2, 0) is 6.54 Å². The van der Waals surface area contributed by atoms with Gasteiger partial charge in [-0.1, -0.05) is 18.9 Å². The van der Waals surface area contributed by atoms with Gasteiger partial charge in [0.25, 0.3) is 0 Å². The van der Waals surface area contributed by atoms with Crippen LogP contribution in [0.1, 0.15) is 38.2 Å². The van der Waals surface area contributed by atoms with Crippen molar-refractivity contribution >= 4 is 0 Å². The minimum atomic E-state index is 0.586. The van der Waals surface area contributed by atoms with Gasteiger partial charge in [0.2, 0.25) is 5.88 Å². The van der Waals surface area contributed by atoms with E-state index in [-0.39, 0.29) is 0 Å². The zero-order chi connectivity index (χ0) is 12.1. The highest BCUT2D eigenvalue weighted by molar-refractivity contribution is 5.25. The molecule has 1 aromatic heterocycles. The van der Waals surface area contributed by atoms with Gasteiger partial charge in [0.1, 0.15) is 0 Å². The molecule has 1 heterocycles. The van der Waals surface area contributed by atoms with E-state index in [4.69, 9.17) is 4.74 Å². The molecule has 0 spiro atoms. The lowest BCUT2D eigenvalue weighted by atomic mass is 10.00. The molecule has 0 saturated heterocycles. The Kier molecular flexibility index (Phi) is 4.37. The van der Waals surface area contributed by atoms with Gasteiger partial charge in [-0.05, 0) is 31.7 Å². The number of pyridine rings is 1. The molecule has 0 aliphatic heterocycles. The normalized spacial score (nSPS) is 18.2. The first-order valence-electron chi connectivity index (χ1n) is 6.52. The molecule has 0 radical (unpaired) electrons. The predicted molar refractivity (Wildman–Crippen MR) is 69.0 cm³/mol. The number of methoxy groups -OCH3 is 1. The van der Waals surface area contributed by atoms with Crippen molar-refractivity contribution in [2.45, 2.75) is 45.2 Å². The smallest absolute Gasteiger partial charge is 0.217 e. The largest absolute Gasteiger partial charge is 0.481 e. The third-order valence-electron chi connectivity index (χ3n) is 3.76. The van der Waals surface area contributed by atoms with E-state index in [0.717, 1.165) is 23.9 Å². The van der Waals surface area contributed by atoms with Crippen molar-refractivity contribution in [2.24, 2.45) is 5.92 Å². The molecule has 1 aromatic rings. The van der Waals surface area contributed by atoms with E-state index in [9.17, 15) is 0 Å². The molecule has 1 saturated carbocycles. The fraction of sp³-hybridized carbons (Fsp3) is 0.643. The van der Waals surface area contributed by atoms with Crippen LogP contribution in [0.3, 0.4) is 0 Å². The quantitative estimate of drug-likeness (QED) is 0.850. The van der Waals surface area contributed by atoms with E-state index in [1.807, 2.05) is 6.07 Å². The van der Waals surface area contributed by atoms with E-state index >= 15 is 0 Å². The Labute approximate surface area is 104 Å². The lowest BCUT2D eigenvalue weighted by molar-refractivity contribution is 0.366. The molecule has 94 valence electrons. The molecule has 2 rings (SSSR count). The van der Waals surface area contributed by atoms with Gasteiger partial charge in [-0.15, -0.1) is 0 Å². The predicted octanol–water partition coefficient (Wildman–Crippen LogP) is 2.76. The summed E-state index contributed by atoms with van der Waals surface area (Å²) in [4.78, 5) is 4.21. The molecule has 17 heavy (non-hydrogen) atoms. The van der Waals surface area contributed by atoms with Crippen LogP contribution in [0, 0.1) is 5.92 Å². The van der Waals surface area contributed by atoms with Crippen LogP contribution >= 0.6 is 0 Å². The van der Waals surface area contributed by atoms with E-state index < -0.39 is 0 Å². The lowest BCUT2D eigenvalue weighted by Crippen LogP contribution is -2.31. The van der Waals surface area contributed by atoms with Gasteiger partial charge in [-0.3, -0.25) is 0 Å². The van der Waals surface area contributed by atoms with Crippen LogP contribution < -0.4 is 10.1 Å². The Morgan fingerprint density at radius 3 is 2.94 bits per heavy atom. The number of hydrogen-bond acceptors (Lipinski definition) is 3. The topological polar surface area (TPSA) is 34.1 Å². The second-order valence-corrected chi connectivity index (χ2v) is 4.89. The number of hydrogen-bond donors (Lipinski definition) is 1. The summed E-state index contributed by atoms with van der Waals surface area (Å²) in [6.07, 6.45) is 7.30. The Morgan fingerprint density at radius 1 is 1.47 bits per heavy atom. The zero-order valence-corrected chi connectivity index (χ0v) is 10.8. The SMILES string of the molecule is COc1ncccc1CN[C@@H](C)C1CCCC1. The molecule has 0 aromatic carbocycles. The molecule has 0 unspecified atom stereocenters. The summed E-state index contributed by atoms with van der Waals surface area (Å²) < 4.78 is 5.25. The number of ether oxygens (including phenoxy) is 1. The molecular weight excluding hydrogens is 212 g/mol. The van der Waals surface area contributed by atoms with E-state index in [2.05, 4.69) is 23.3 Å². The second-order valence-electron chi connectivity index (χ2n) is 4.89. The summed E-state index contributed by atoms with van der Waals surface area (Å²) in [5.74, 6) is 1.58. The molecule has 1 aliphatic carbocycles. The van der Waals surface area contributed by atoms with Gasteiger partial charge < -0.3 is 10.1 Å². The minimum absolute atomic E-state index is 0.586. The van der Waals surface area contributed by atoms with Gasteiger partial charge in [-0.25, -0.2) is 4.98 Å². The fourth-order valence-electron chi connectivity index (χ4n) is 2.64. The number of nitrogens with one attached hydrogen (secondary N) is 1. The third-order valence-corrected chi connectivity index (χ3v) is 3.76. The lowest BCUT2D eigenvalue weighted by Gasteiger charge is -2.20. The molecule has 1 fully saturated rings. The van der Waals surface area contributed by atoms with Crippen molar-refractivity contribution < 1.29 is 4.74 Å². The van der Waals surface area contributed by atoms with Gasteiger partial charge in [0.15, 0.2) is 0 Å². The monoisotopic (exact) mass is 234 g/mol. The van der Waals surface area contributed by atoms with Crippen LogP contribution in [0.25, 0.3) is 0 Å². The van der Waals surface area contributed by atoms with Gasteiger partial charge in [-0.2, -0.15) is 0 Å². The average molecular weight is 234 g/mol. The average Bonchev–Trinajstić information content (AvgIpc) is 2.90. The van der Waals surface area contributed by atoms with Crippen LogP contribution in [0.2, 0.25) is 0 Å². The van der Waals surface area contributed by atoms with Crippen molar-refractivity contribution in [1.29, 1.82) is 0 Å². The van der Waals surface area contributed by atoms with Gasteiger partial charge in [0, 0.05) is 24.3 Å². The molecular formula is C14H22N2O. The summed E-state index contributed by atoms with van der Waals surface area (Å²) >= 11 is 0. The maximum atomic E-state index is 5.25. The Morgan fingerprint density at radius 2 is 2.24 bits per heavy atom. The highest BCUT2D eigenvalue weighted by atomic mass is 16.5. The third kappa shape index (κ3) is 3.19. The van der Waals surface area contributed by atoms with E-state index in [0.29, 0.717) is 6.04 Å². The highest BCUT2D eigenvalue weighted by Crippen LogP contribution is 2.27. The van der Waals surface area contributed by atoms with Gasteiger partial charge in [0.05, 0.1) is 7.11 Å². The fourth-order valence-corrected chi connectivity index (χ4v) is 2.64. The molecule has 1 N–H and O–H groups in total. The highest BCUT2D eigenvalue weighted by Gasteiger charge is 2.21. The Hall–Kier alpha value is -1.09. The summed E-state index contributed by atoms with van der Waals surface area (Å²) in [5, 5.41) is 3.60. The van der Waals surface area contributed by atoms with E-state index in [1.165, 1.54) is 25.7 Å². The maximum Gasteiger partial charge on any atom is 0.217 e. The summed E-state index contributed by atoms with van der Waals surface area (Å²) in [7, 11) is 1.67. The number of rotatable bonds is 5. The molecule has 0 amide bonds. The number of nitrogens with zero attached hydrogens (tertiary/aromatic N) is 1. The van der Waals surface area contributed by atoms with Crippen LogP contribution in [0.4, 0.5) is 0 Å².